The molecule has 0 fully saturated rings. The molecule has 238 valence electrons. The average Bonchev–Trinajstić information content (AvgIpc) is 2.99. The molecule has 3 rings (SSSR count). The van der Waals surface area contributed by atoms with Crippen molar-refractivity contribution in [3.63, 3.8) is 0 Å². The highest BCUT2D eigenvalue weighted by Gasteiger charge is 2.37. The zero-order valence-electron chi connectivity index (χ0n) is 24.8. The van der Waals surface area contributed by atoms with Crippen LogP contribution in [-0.4, -0.2) is 51.4 Å². The van der Waals surface area contributed by atoms with Crippen LogP contribution in [0.15, 0.2) is 77.7 Å². The first-order chi connectivity index (χ1) is 20.7. The zero-order valence-corrected chi connectivity index (χ0v) is 26.3. The first-order valence-corrected chi connectivity index (χ1v) is 15.7. The second-order valence-electron chi connectivity index (χ2n) is 10.4. The molecule has 2 amide bonds. The summed E-state index contributed by atoms with van der Waals surface area (Å²) < 4.78 is 74.7. The van der Waals surface area contributed by atoms with Gasteiger partial charge in [-0.1, -0.05) is 62.7 Å². The van der Waals surface area contributed by atoms with Crippen LogP contribution < -0.4 is 14.4 Å². The van der Waals surface area contributed by atoms with Crippen molar-refractivity contribution in [2.45, 2.75) is 50.9 Å². The Balaban J connectivity index is 2.13. The quantitative estimate of drug-likeness (QED) is 0.239. The van der Waals surface area contributed by atoms with Gasteiger partial charge in [0, 0.05) is 13.1 Å². The molecule has 1 N–H and O–H groups in total. The number of nitrogens with one attached hydrogen (secondary N) is 1. The molecular weight excluding hydrogens is 619 g/mol. The summed E-state index contributed by atoms with van der Waals surface area (Å²) in [6.07, 6.45) is -4.63. The van der Waals surface area contributed by atoms with E-state index in [0.29, 0.717) is 28.2 Å². The third-order valence-corrected chi connectivity index (χ3v) is 8.83. The molecule has 1 atom stereocenters. The van der Waals surface area contributed by atoms with Crippen LogP contribution in [0.2, 0.25) is 5.02 Å². The van der Waals surface area contributed by atoms with E-state index < -0.39 is 51.9 Å². The highest BCUT2D eigenvalue weighted by atomic mass is 35.5. The van der Waals surface area contributed by atoms with E-state index >= 15 is 0 Å². The Morgan fingerprint density at radius 1 is 1.00 bits per heavy atom. The van der Waals surface area contributed by atoms with Crippen molar-refractivity contribution in [1.82, 2.24) is 10.2 Å². The number of sulfonamides is 1. The Bertz CT molecular complexity index is 1540. The van der Waals surface area contributed by atoms with E-state index in [9.17, 15) is 31.2 Å². The molecule has 0 radical (unpaired) electrons. The van der Waals surface area contributed by atoms with Crippen LogP contribution in [0, 0.1) is 5.92 Å². The highest BCUT2D eigenvalue weighted by molar-refractivity contribution is 7.92. The third-order valence-electron chi connectivity index (χ3n) is 6.73. The number of amides is 2. The van der Waals surface area contributed by atoms with Gasteiger partial charge in [0.1, 0.15) is 18.3 Å². The maximum Gasteiger partial charge on any atom is 0.416 e. The molecule has 0 aromatic heterocycles. The fraction of sp³-hybridized carbons (Fsp3) is 0.355. The SMILES string of the molecule is CCC(C(=O)NCC(C)C)N(Cc1ccc(OC)cc1)C(=O)CN(c1cc(C(F)(F)F)ccc1Cl)S(=O)(=O)c1ccccc1. The number of methoxy groups -OCH3 is 1. The molecule has 0 aliphatic rings. The van der Waals surface area contributed by atoms with E-state index in [-0.39, 0.29) is 28.8 Å². The van der Waals surface area contributed by atoms with Gasteiger partial charge < -0.3 is 15.0 Å². The number of alkyl halides is 3. The minimum Gasteiger partial charge on any atom is -0.497 e. The van der Waals surface area contributed by atoms with Gasteiger partial charge in [-0.05, 0) is 60.4 Å². The number of nitrogens with zero attached hydrogens (tertiary/aromatic N) is 2. The van der Waals surface area contributed by atoms with Gasteiger partial charge in [-0.2, -0.15) is 13.2 Å². The van der Waals surface area contributed by atoms with Gasteiger partial charge in [0.2, 0.25) is 11.8 Å². The summed E-state index contributed by atoms with van der Waals surface area (Å²) in [6.45, 7) is 4.85. The van der Waals surface area contributed by atoms with Gasteiger partial charge in [-0.25, -0.2) is 8.42 Å². The molecule has 3 aromatic carbocycles. The van der Waals surface area contributed by atoms with Crippen molar-refractivity contribution < 1.29 is 35.9 Å². The van der Waals surface area contributed by atoms with Crippen molar-refractivity contribution in [3.05, 3.63) is 88.9 Å². The second kappa shape index (κ2) is 14.8. The molecule has 8 nitrogen and oxygen atoms in total. The Labute approximate surface area is 260 Å². The molecule has 0 spiro atoms. The van der Waals surface area contributed by atoms with Gasteiger partial charge in [0.25, 0.3) is 10.0 Å². The van der Waals surface area contributed by atoms with E-state index in [0.717, 1.165) is 12.1 Å². The molecule has 13 heteroatoms. The summed E-state index contributed by atoms with van der Waals surface area (Å²) >= 11 is 6.29. The second-order valence-corrected chi connectivity index (χ2v) is 12.7. The van der Waals surface area contributed by atoms with Crippen LogP contribution >= 0.6 is 11.6 Å². The number of carbonyl (C=O) groups is 2. The van der Waals surface area contributed by atoms with Gasteiger partial charge >= 0.3 is 6.18 Å². The standard InChI is InChI=1S/C31H35ClF3N3O5S/c1-5-27(30(40)36-18-21(2)3)37(19-22-11-14-24(43-4)15-12-22)29(39)20-38(44(41,42)25-9-7-6-8-10-25)28-17-23(31(33,34)35)13-16-26(28)32/h6-17,21,27H,5,18-20H2,1-4H3,(H,36,40). The van der Waals surface area contributed by atoms with Crippen LogP contribution in [0.25, 0.3) is 0 Å². The minimum atomic E-state index is -4.81. The first kappa shape index (κ1) is 34.7. The summed E-state index contributed by atoms with van der Waals surface area (Å²) in [7, 11) is -3.11. The fourth-order valence-electron chi connectivity index (χ4n) is 4.38. The number of benzene rings is 3. The zero-order chi connectivity index (χ0) is 32.7. The predicted octanol–water partition coefficient (Wildman–Crippen LogP) is 6.14. The van der Waals surface area contributed by atoms with Gasteiger partial charge in [-0.15, -0.1) is 0 Å². The number of halogens is 4. The number of hydrogen-bond donors (Lipinski definition) is 1. The topological polar surface area (TPSA) is 96.0 Å². The number of ether oxygens (including phenoxy) is 1. The Morgan fingerprint density at radius 3 is 2.18 bits per heavy atom. The maximum absolute atomic E-state index is 14.1. The molecule has 0 saturated heterocycles. The van der Waals surface area contributed by atoms with Crippen molar-refractivity contribution in [3.8, 4) is 5.75 Å². The van der Waals surface area contributed by atoms with E-state index in [1.165, 1.54) is 36.3 Å². The van der Waals surface area contributed by atoms with Crippen molar-refractivity contribution in [1.29, 1.82) is 0 Å². The summed E-state index contributed by atoms with van der Waals surface area (Å²) in [5.74, 6) is -0.581. The lowest BCUT2D eigenvalue weighted by Crippen LogP contribution is -2.52. The first-order valence-electron chi connectivity index (χ1n) is 13.8. The minimum absolute atomic E-state index is 0.0913. The lowest BCUT2D eigenvalue weighted by atomic mass is 10.1. The maximum atomic E-state index is 14.1. The van der Waals surface area contributed by atoms with Gasteiger partial charge in [-0.3, -0.25) is 13.9 Å². The average molecular weight is 654 g/mol. The molecule has 0 saturated carbocycles. The van der Waals surface area contributed by atoms with Crippen LogP contribution in [0.1, 0.15) is 38.3 Å². The smallest absolute Gasteiger partial charge is 0.416 e. The molecule has 0 heterocycles. The summed E-state index contributed by atoms with van der Waals surface area (Å²) in [5.41, 5.74) is -1.06. The number of carbonyl (C=O) groups excluding carboxylic acids is 2. The molecule has 0 aliphatic carbocycles. The van der Waals surface area contributed by atoms with Crippen molar-refractivity contribution in [2.75, 3.05) is 24.5 Å². The highest BCUT2D eigenvalue weighted by Crippen LogP contribution is 2.37. The molecule has 3 aromatic rings. The van der Waals surface area contributed by atoms with Gasteiger partial charge in [0.05, 0.1) is 28.3 Å². The van der Waals surface area contributed by atoms with Crippen molar-refractivity contribution in [2.24, 2.45) is 5.92 Å². The summed E-state index contributed by atoms with van der Waals surface area (Å²) in [4.78, 5) is 28.4. The van der Waals surface area contributed by atoms with Crippen LogP contribution in [0.5, 0.6) is 5.75 Å². The van der Waals surface area contributed by atoms with Crippen LogP contribution in [0.4, 0.5) is 18.9 Å². The van der Waals surface area contributed by atoms with E-state index in [1.54, 1.807) is 37.3 Å². The molecule has 0 bridgehead atoms. The van der Waals surface area contributed by atoms with E-state index in [1.807, 2.05) is 13.8 Å². The molecule has 44 heavy (non-hydrogen) atoms. The number of rotatable bonds is 13. The summed E-state index contributed by atoms with van der Waals surface area (Å²) in [6, 6.07) is 15.0. The largest absolute Gasteiger partial charge is 0.497 e. The van der Waals surface area contributed by atoms with Crippen LogP contribution in [0.3, 0.4) is 0 Å². The summed E-state index contributed by atoms with van der Waals surface area (Å²) in [5, 5.41) is 2.50. The molecule has 0 aliphatic heterocycles. The lowest BCUT2D eigenvalue weighted by molar-refractivity contribution is -0.140. The fourth-order valence-corrected chi connectivity index (χ4v) is 6.10. The normalized spacial score (nSPS) is 12.5. The lowest BCUT2D eigenvalue weighted by Gasteiger charge is -2.33. The molecule has 1 unspecified atom stereocenters. The Morgan fingerprint density at radius 2 is 1.64 bits per heavy atom. The van der Waals surface area contributed by atoms with Crippen LogP contribution in [-0.2, 0) is 32.3 Å². The Kier molecular flexibility index (Phi) is 11.7. The predicted molar refractivity (Wildman–Crippen MR) is 163 cm³/mol. The molecular formula is C31H35ClF3N3O5S. The van der Waals surface area contributed by atoms with E-state index in [4.69, 9.17) is 16.3 Å². The third kappa shape index (κ3) is 8.66. The monoisotopic (exact) mass is 653 g/mol. The number of hydrogen-bond acceptors (Lipinski definition) is 5. The van der Waals surface area contributed by atoms with Gasteiger partial charge in [0.15, 0.2) is 0 Å². The van der Waals surface area contributed by atoms with E-state index in [2.05, 4.69) is 5.32 Å². The van der Waals surface area contributed by atoms with Crippen molar-refractivity contribution >= 4 is 39.1 Å². The number of anilines is 1. The Hall–Kier alpha value is -3.77.